The van der Waals surface area contributed by atoms with Gasteiger partial charge in [0.05, 0.1) is 17.9 Å². The largest absolute Gasteiger partial charge is 0.397 e. The van der Waals surface area contributed by atoms with E-state index < -0.39 is 0 Å². The zero-order valence-corrected chi connectivity index (χ0v) is 19.5. The third-order valence-corrected chi connectivity index (χ3v) is 4.72. The molecule has 0 spiro atoms. The van der Waals surface area contributed by atoms with Crippen molar-refractivity contribution in [1.82, 2.24) is 15.0 Å². The second-order valence-corrected chi connectivity index (χ2v) is 6.99. The number of aromatic nitrogens is 2. The molecular weight excluding hydrogens is 396 g/mol. The van der Waals surface area contributed by atoms with Crippen molar-refractivity contribution in [1.29, 1.82) is 0 Å². The number of rotatable bonds is 8. The normalized spacial score (nSPS) is 12.0. The van der Waals surface area contributed by atoms with Gasteiger partial charge in [-0.25, -0.2) is 10.8 Å². The average molecular weight is 431 g/mol. The van der Waals surface area contributed by atoms with Gasteiger partial charge in [0.15, 0.2) is 0 Å². The fourth-order valence-electron chi connectivity index (χ4n) is 3.09. The number of pyridine rings is 1. The summed E-state index contributed by atoms with van der Waals surface area (Å²) >= 11 is 0. The first-order chi connectivity index (χ1) is 15.5. The summed E-state index contributed by atoms with van der Waals surface area (Å²) in [5.74, 6) is 6.14. The highest BCUT2D eigenvalue weighted by Gasteiger charge is 2.11. The molecular formula is C26H34N6. The molecule has 0 amide bonds. The number of nitrogens with two attached hydrogens (primary N) is 2. The number of benzene rings is 1. The van der Waals surface area contributed by atoms with Crippen molar-refractivity contribution in [3.63, 3.8) is 0 Å². The van der Waals surface area contributed by atoms with Crippen LogP contribution in [-0.4, -0.2) is 21.2 Å². The Kier molecular flexibility index (Phi) is 9.44. The number of allylic oxidation sites excluding steroid dienone is 2. The van der Waals surface area contributed by atoms with E-state index >= 15 is 0 Å². The van der Waals surface area contributed by atoms with Crippen molar-refractivity contribution in [3.8, 4) is 0 Å². The van der Waals surface area contributed by atoms with Crippen molar-refractivity contribution in [3.05, 3.63) is 89.9 Å². The molecule has 0 aliphatic rings. The second-order valence-electron chi connectivity index (χ2n) is 6.99. The molecule has 2 aromatic heterocycles. The molecule has 0 saturated heterocycles. The van der Waals surface area contributed by atoms with Crippen molar-refractivity contribution < 1.29 is 0 Å². The highest BCUT2D eigenvalue weighted by Crippen LogP contribution is 2.28. The minimum absolute atomic E-state index is 0.539. The first kappa shape index (κ1) is 24.6. The predicted molar refractivity (Wildman–Crippen MR) is 137 cm³/mol. The predicted octanol–water partition coefficient (Wildman–Crippen LogP) is 5.62. The molecule has 2 heterocycles. The van der Waals surface area contributed by atoms with Gasteiger partial charge in [0, 0.05) is 41.3 Å². The number of hydrogen-bond acceptors (Lipinski definition) is 5. The monoisotopic (exact) mass is 430 g/mol. The molecule has 0 saturated carbocycles. The average Bonchev–Trinajstić information content (AvgIpc) is 3.23. The third kappa shape index (κ3) is 6.43. The minimum Gasteiger partial charge on any atom is -0.397 e. The van der Waals surface area contributed by atoms with Gasteiger partial charge in [-0.1, -0.05) is 63.3 Å². The smallest absolute Gasteiger partial charge is 0.137 e. The Morgan fingerprint density at radius 2 is 1.97 bits per heavy atom. The van der Waals surface area contributed by atoms with E-state index in [2.05, 4.69) is 28.5 Å². The summed E-state index contributed by atoms with van der Waals surface area (Å²) in [7, 11) is 0. The molecule has 0 unspecified atom stereocenters. The van der Waals surface area contributed by atoms with E-state index in [9.17, 15) is 0 Å². The molecule has 6 heteroatoms. The lowest BCUT2D eigenvalue weighted by atomic mass is 10.1. The number of H-pyrrole nitrogens is 1. The molecule has 0 aliphatic heterocycles. The van der Waals surface area contributed by atoms with E-state index in [4.69, 9.17) is 11.6 Å². The van der Waals surface area contributed by atoms with Gasteiger partial charge in [0.2, 0.25) is 0 Å². The zero-order valence-electron chi connectivity index (χ0n) is 19.5. The van der Waals surface area contributed by atoms with Crippen LogP contribution in [0.5, 0.6) is 0 Å². The number of hydrazine groups is 1. The lowest BCUT2D eigenvalue weighted by Gasteiger charge is -2.15. The summed E-state index contributed by atoms with van der Waals surface area (Å²) in [5.41, 5.74) is 12.3. The zero-order chi connectivity index (χ0) is 23.5. The van der Waals surface area contributed by atoms with Crippen LogP contribution in [-0.2, 0) is 6.54 Å². The number of nitrogens with one attached hydrogen (secondary N) is 1. The lowest BCUT2D eigenvalue weighted by molar-refractivity contribution is 0.388. The molecule has 3 aromatic rings. The van der Waals surface area contributed by atoms with Gasteiger partial charge in [-0.15, -0.1) is 0 Å². The van der Waals surface area contributed by atoms with Gasteiger partial charge >= 0.3 is 0 Å². The maximum atomic E-state index is 6.33. The molecule has 168 valence electrons. The second kappa shape index (κ2) is 12.3. The summed E-state index contributed by atoms with van der Waals surface area (Å²) < 4.78 is 0. The molecule has 32 heavy (non-hydrogen) atoms. The van der Waals surface area contributed by atoms with E-state index in [0.717, 1.165) is 45.4 Å². The molecule has 6 nitrogen and oxygen atoms in total. The first-order valence-electron chi connectivity index (χ1n) is 10.9. The van der Waals surface area contributed by atoms with Gasteiger partial charge in [0.1, 0.15) is 5.65 Å². The van der Waals surface area contributed by atoms with Crippen molar-refractivity contribution in [2.24, 2.45) is 16.6 Å². The van der Waals surface area contributed by atoms with Crippen LogP contribution in [0.2, 0.25) is 0 Å². The Labute approximate surface area is 191 Å². The highest BCUT2D eigenvalue weighted by molar-refractivity contribution is 5.93. The maximum absolute atomic E-state index is 6.33. The summed E-state index contributed by atoms with van der Waals surface area (Å²) in [5, 5.41) is 2.52. The topological polar surface area (TPSA) is 96.3 Å². The van der Waals surface area contributed by atoms with Gasteiger partial charge in [0.25, 0.3) is 0 Å². The number of hydrogen-bond donors (Lipinski definition) is 3. The third-order valence-electron chi connectivity index (χ3n) is 4.72. The summed E-state index contributed by atoms with van der Waals surface area (Å²) in [6, 6.07) is 12.0. The molecule has 0 radical (unpaired) electrons. The number of aromatic amines is 1. The van der Waals surface area contributed by atoms with Crippen LogP contribution in [0.15, 0.2) is 78.2 Å². The van der Waals surface area contributed by atoms with Gasteiger partial charge in [-0.05, 0) is 31.1 Å². The van der Waals surface area contributed by atoms with Crippen LogP contribution in [0.4, 0.5) is 0 Å². The van der Waals surface area contributed by atoms with Crippen LogP contribution >= 0.6 is 0 Å². The van der Waals surface area contributed by atoms with Crippen LogP contribution in [0.1, 0.15) is 50.8 Å². The first-order valence-corrected chi connectivity index (χ1v) is 10.9. The molecule has 0 bridgehead atoms. The van der Waals surface area contributed by atoms with Gasteiger partial charge < -0.3 is 15.7 Å². The van der Waals surface area contributed by atoms with Crippen molar-refractivity contribution in [2.45, 2.75) is 40.7 Å². The van der Waals surface area contributed by atoms with E-state index in [1.165, 1.54) is 0 Å². The summed E-state index contributed by atoms with van der Waals surface area (Å²) in [6.07, 6.45) is 10.0. The van der Waals surface area contributed by atoms with E-state index in [1.54, 1.807) is 23.6 Å². The Hall–Kier alpha value is -3.64. The summed E-state index contributed by atoms with van der Waals surface area (Å²) in [4.78, 5) is 12.3. The lowest BCUT2D eigenvalue weighted by Crippen LogP contribution is -2.25. The standard InChI is InChI=1S/C24H28N6.C2H6/c1-4-17(3)11-23(27-5-2)21-14-29-24-20(21)12-19(13-28-24)22(25)16-30(26)15-18-9-7-6-8-10-18;1-2/h5-14,16H,3-4,15,25-26H2,1-2H3,(H,28,29);1-2H3/b22-16-,23-11-,27-5?;. The van der Waals surface area contributed by atoms with Crippen LogP contribution in [0, 0.1) is 0 Å². The number of nitrogens with zero attached hydrogens (tertiary/aromatic N) is 3. The fourth-order valence-corrected chi connectivity index (χ4v) is 3.09. The maximum Gasteiger partial charge on any atom is 0.137 e. The van der Waals surface area contributed by atoms with Gasteiger partial charge in [-0.3, -0.25) is 4.99 Å². The van der Waals surface area contributed by atoms with Crippen molar-refractivity contribution >= 4 is 28.6 Å². The molecule has 1 aromatic carbocycles. The Balaban J connectivity index is 0.00000176. The Morgan fingerprint density at radius 3 is 2.62 bits per heavy atom. The highest BCUT2D eigenvalue weighted by atomic mass is 15.4. The summed E-state index contributed by atoms with van der Waals surface area (Å²) in [6.45, 7) is 12.6. The number of fused-ring (bicyclic) bond motifs is 1. The molecule has 3 rings (SSSR count). The molecule has 0 fully saturated rings. The quantitative estimate of drug-likeness (QED) is 0.187. The van der Waals surface area contributed by atoms with E-state index in [0.29, 0.717) is 12.2 Å². The van der Waals surface area contributed by atoms with Crippen LogP contribution in [0.25, 0.3) is 22.4 Å². The molecule has 0 atom stereocenters. The SMILES string of the molecule is C=C(/C=C(\N=CC)c1c[nH]c2ncc(/C(N)=C/N(N)Cc3ccccc3)cc12)CC.CC. The molecule has 0 aliphatic carbocycles. The van der Waals surface area contributed by atoms with Crippen molar-refractivity contribution in [2.75, 3.05) is 0 Å². The van der Waals surface area contributed by atoms with E-state index in [-0.39, 0.29) is 0 Å². The Morgan fingerprint density at radius 1 is 1.25 bits per heavy atom. The number of aliphatic imine (C=N–C) groups is 1. The van der Waals surface area contributed by atoms with Gasteiger partial charge in [-0.2, -0.15) is 0 Å². The molecule has 5 N–H and O–H groups in total. The fraction of sp³-hybridized carbons (Fsp3) is 0.231. The van der Waals surface area contributed by atoms with E-state index in [1.807, 2.05) is 69.4 Å². The van der Waals surface area contributed by atoms with Crippen LogP contribution < -0.4 is 11.6 Å². The van der Waals surface area contributed by atoms with Crippen LogP contribution in [0.3, 0.4) is 0 Å². The Bertz CT molecular complexity index is 1110. The minimum atomic E-state index is 0.539.